The van der Waals surface area contributed by atoms with E-state index in [4.69, 9.17) is 14.2 Å². The minimum absolute atomic E-state index is 0.205. The lowest BCUT2D eigenvalue weighted by atomic mass is 9.85. The molecule has 2 aliphatic heterocycles. The van der Waals surface area contributed by atoms with Crippen molar-refractivity contribution in [3.05, 3.63) is 71.3 Å². The Labute approximate surface area is 162 Å². The average molecular weight is 380 g/mol. The second-order valence-electron chi connectivity index (χ2n) is 7.29. The highest BCUT2D eigenvalue weighted by molar-refractivity contribution is 5.94. The van der Waals surface area contributed by atoms with Crippen LogP contribution in [0.15, 0.2) is 65.8 Å². The van der Waals surface area contributed by atoms with Gasteiger partial charge in [-0.15, -0.1) is 0 Å². The van der Waals surface area contributed by atoms with Crippen molar-refractivity contribution in [1.29, 1.82) is 0 Å². The summed E-state index contributed by atoms with van der Waals surface area (Å²) in [5.41, 5.74) is 2.02. The zero-order valence-electron chi connectivity index (χ0n) is 15.4. The first-order valence-corrected chi connectivity index (χ1v) is 9.17. The Morgan fingerprint density at radius 3 is 2.57 bits per heavy atom. The fourth-order valence-corrected chi connectivity index (χ4v) is 3.88. The van der Waals surface area contributed by atoms with E-state index in [0.717, 1.165) is 5.57 Å². The lowest BCUT2D eigenvalue weighted by molar-refractivity contribution is -0.142. The number of rotatable bonds is 2. The minimum atomic E-state index is -0.732. The van der Waals surface area contributed by atoms with Gasteiger partial charge in [0.05, 0.1) is 11.5 Å². The third-order valence-corrected chi connectivity index (χ3v) is 5.23. The van der Waals surface area contributed by atoms with Crippen molar-refractivity contribution in [2.45, 2.75) is 38.1 Å². The van der Waals surface area contributed by atoms with E-state index in [1.54, 1.807) is 36.4 Å². The number of carbonyl (C=O) groups excluding carboxylic acids is 3. The van der Waals surface area contributed by atoms with Crippen molar-refractivity contribution < 1.29 is 28.6 Å². The zero-order chi connectivity index (χ0) is 19.8. The largest absolute Gasteiger partial charge is 0.458 e. The van der Waals surface area contributed by atoms with Crippen molar-refractivity contribution in [3.8, 4) is 0 Å². The van der Waals surface area contributed by atoms with Crippen LogP contribution in [0.25, 0.3) is 0 Å². The van der Waals surface area contributed by atoms with Gasteiger partial charge in [-0.25, -0.2) is 14.4 Å². The highest BCUT2D eigenvalue weighted by atomic mass is 16.6. The zero-order valence-corrected chi connectivity index (χ0v) is 15.4. The lowest BCUT2D eigenvalue weighted by Gasteiger charge is -2.26. The van der Waals surface area contributed by atoms with Gasteiger partial charge < -0.3 is 14.2 Å². The number of hydrogen-bond acceptors (Lipinski definition) is 6. The SMILES string of the molecule is C=C1C(=O)OC2CC3=C[C@@H](C/C(C)=C/C(OC(=O)c4ccccc4)[C@H]12)OC3=O. The topological polar surface area (TPSA) is 78.9 Å². The van der Waals surface area contributed by atoms with E-state index < -0.39 is 36.0 Å². The molecule has 0 saturated carbocycles. The van der Waals surface area contributed by atoms with Crippen molar-refractivity contribution >= 4 is 17.9 Å². The Balaban J connectivity index is 1.69. The molecule has 1 fully saturated rings. The van der Waals surface area contributed by atoms with Gasteiger partial charge in [0.2, 0.25) is 0 Å². The summed E-state index contributed by atoms with van der Waals surface area (Å²) in [6.07, 6.45) is 2.54. The number of benzene rings is 1. The molecule has 0 spiro atoms. The van der Waals surface area contributed by atoms with Gasteiger partial charge in [0.1, 0.15) is 18.3 Å². The summed E-state index contributed by atoms with van der Waals surface area (Å²) >= 11 is 0. The predicted octanol–water partition coefficient (Wildman–Crippen LogP) is 2.90. The normalized spacial score (nSPS) is 31.1. The second kappa shape index (κ2) is 7.11. The quantitative estimate of drug-likeness (QED) is 0.340. The molecule has 28 heavy (non-hydrogen) atoms. The summed E-state index contributed by atoms with van der Waals surface area (Å²) in [6.45, 7) is 5.73. The van der Waals surface area contributed by atoms with Crippen LogP contribution < -0.4 is 0 Å². The smallest absolute Gasteiger partial charge is 0.338 e. The van der Waals surface area contributed by atoms with Crippen molar-refractivity contribution in [3.63, 3.8) is 0 Å². The number of fused-ring (bicyclic) bond motifs is 2. The molecule has 0 amide bonds. The van der Waals surface area contributed by atoms with Crippen molar-refractivity contribution in [1.82, 2.24) is 0 Å². The molecule has 1 aliphatic carbocycles. The van der Waals surface area contributed by atoms with Crippen LogP contribution in [0.3, 0.4) is 0 Å². The van der Waals surface area contributed by atoms with E-state index in [1.807, 2.05) is 13.0 Å². The first-order valence-electron chi connectivity index (χ1n) is 9.17. The van der Waals surface area contributed by atoms with Crippen LogP contribution in [0.2, 0.25) is 0 Å². The molecular weight excluding hydrogens is 360 g/mol. The Kier molecular flexibility index (Phi) is 4.63. The maximum absolute atomic E-state index is 12.6. The molecule has 1 saturated heterocycles. The molecule has 0 aromatic heterocycles. The maximum Gasteiger partial charge on any atom is 0.338 e. The Morgan fingerprint density at radius 1 is 1.07 bits per heavy atom. The molecule has 3 aliphatic rings. The van der Waals surface area contributed by atoms with Crippen LogP contribution in [0.4, 0.5) is 0 Å². The van der Waals surface area contributed by atoms with Gasteiger partial charge in [0.25, 0.3) is 0 Å². The highest BCUT2D eigenvalue weighted by Gasteiger charge is 2.46. The van der Waals surface area contributed by atoms with Crippen LogP contribution in [0, 0.1) is 5.92 Å². The van der Waals surface area contributed by atoms with Gasteiger partial charge >= 0.3 is 17.9 Å². The van der Waals surface area contributed by atoms with Crippen LogP contribution in [0.5, 0.6) is 0 Å². The van der Waals surface area contributed by atoms with Gasteiger partial charge in [-0.1, -0.05) is 30.4 Å². The van der Waals surface area contributed by atoms with Gasteiger partial charge in [-0.05, 0) is 31.2 Å². The summed E-state index contributed by atoms with van der Waals surface area (Å²) in [7, 11) is 0. The second-order valence-corrected chi connectivity index (χ2v) is 7.29. The molecule has 2 unspecified atom stereocenters. The highest BCUT2D eigenvalue weighted by Crippen LogP contribution is 2.38. The van der Waals surface area contributed by atoms with Crippen LogP contribution in [0.1, 0.15) is 30.1 Å². The van der Waals surface area contributed by atoms with E-state index in [-0.39, 0.29) is 18.1 Å². The predicted molar refractivity (Wildman–Crippen MR) is 99.1 cm³/mol. The fraction of sp³-hybridized carbons (Fsp3) is 0.318. The molecule has 1 aromatic carbocycles. The monoisotopic (exact) mass is 380 g/mol. The molecule has 144 valence electrons. The van der Waals surface area contributed by atoms with Gasteiger partial charge in [-0.2, -0.15) is 0 Å². The van der Waals surface area contributed by atoms with Crippen molar-refractivity contribution in [2.24, 2.45) is 5.92 Å². The molecule has 0 N–H and O–H groups in total. The maximum atomic E-state index is 12.6. The van der Waals surface area contributed by atoms with E-state index >= 15 is 0 Å². The molecule has 6 heteroatoms. The summed E-state index contributed by atoms with van der Waals surface area (Å²) in [6, 6.07) is 8.65. The summed E-state index contributed by atoms with van der Waals surface area (Å²) < 4.78 is 16.6. The number of hydrogen-bond donors (Lipinski definition) is 0. The summed E-state index contributed by atoms with van der Waals surface area (Å²) in [4.78, 5) is 37.0. The van der Waals surface area contributed by atoms with E-state index in [1.165, 1.54) is 0 Å². The Hall–Kier alpha value is -3.15. The van der Waals surface area contributed by atoms with Crippen LogP contribution in [-0.2, 0) is 23.8 Å². The molecule has 4 rings (SSSR count). The van der Waals surface area contributed by atoms with Crippen molar-refractivity contribution in [2.75, 3.05) is 0 Å². The first-order chi connectivity index (χ1) is 13.4. The Morgan fingerprint density at radius 2 is 1.82 bits per heavy atom. The molecule has 0 radical (unpaired) electrons. The molecule has 1 aromatic rings. The molecule has 2 bridgehead atoms. The molecule has 6 nitrogen and oxygen atoms in total. The lowest BCUT2D eigenvalue weighted by Crippen LogP contribution is -2.33. The molecule has 4 atom stereocenters. The van der Waals surface area contributed by atoms with E-state index in [2.05, 4.69) is 6.58 Å². The standard InChI is InChI=1S/C22H20O6/c1-12-8-16-10-15(22(25)26-16)11-18-19(13(2)20(23)27-18)17(9-12)28-21(24)14-6-4-3-5-7-14/h3-7,9-10,16-19H,2,8,11H2,1H3/b12-9+/t16-,17?,18?,19+/m1/s1. The molecule has 2 heterocycles. The average Bonchev–Trinajstić information content (AvgIpc) is 3.13. The van der Waals surface area contributed by atoms with Gasteiger partial charge in [0.15, 0.2) is 0 Å². The first kappa shape index (κ1) is 18.2. The van der Waals surface area contributed by atoms with Crippen LogP contribution >= 0.6 is 0 Å². The minimum Gasteiger partial charge on any atom is -0.458 e. The third kappa shape index (κ3) is 3.38. The Bertz CT molecular complexity index is 910. The third-order valence-electron chi connectivity index (χ3n) is 5.23. The molecular formula is C22H20O6. The summed E-state index contributed by atoms with van der Waals surface area (Å²) in [5, 5.41) is 0. The summed E-state index contributed by atoms with van der Waals surface area (Å²) in [5.74, 6) is -2.00. The van der Waals surface area contributed by atoms with Crippen LogP contribution in [-0.4, -0.2) is 36.2 Å². The fourth-order valence-electron chi connectivity index (χ4n) is 3.88. The number of carbonyl (C=O) groups is 3. The van der Waals surface area contributed by atoms with Gasteiger partial charge in [-0.3, -0.25) is 0 Å². The number of esters is 3. The van der Waals surface area contributed by atoms with Gasteiger partial charge in [0, 0.05) is 24.0 Å². The van der Waals surface area contributed by atoms with E-state index in [9.17, 15) is 14.4 Å². The van der Waals surface area contributed by atoms with E-state index in [0.29, 0.717) is 17.6 Å². The number of ether oxygens (including phenoxy) is 3.